The SMILES string of the molecule is CC(CC(=O)O)Nc1ccc(Cl)cc1. The number of carbonyl (C=O) groups is 1. The van der Waals surface area contributed by atoms with Gasteiger partial charge in [-0.15, -0.1) is 0 Å². The van der Waals surface area contributed by atoms with E-state index in [-0.39, 0.29) is 12.5 Å². The molecule has 4 heteroatoms. The van der Waals surface area contributed by atoms with Gasteiger partial charge in [0.1, 0.15) is 0 Å². The zero-order chi connectivity index (χ0) is 10.6. The van der Waals surface area contributed by atoms with Crippen molar-refractivity contribution in [1.82, 2.24) is 0 Å². The van der Waals surface area contributed by atoms with Crippen LogP contribution in [0.5, 0.6) is 0 Å². The van der Waals surface area contributed by atoms with Crippen LogP contribution in [0, 0.1) is 0 Å². The highest BCUT2D eigenvalue weighted by Crippen LogP contribution is 2.14. The van der Waals surface area contributed by atoms with Gasteiger partial charge in [-0.3, -0.25) is 4.79 Å². The summed E-state index contributed by atoms with van der Waals surface area (Å²) in [5.74, 6) is -0.807. The van der Waals surface area contributed by atoms with Crippen molar-refractivity contribution in [3.05, 3.63) is 29.3 Å². The Bertz CT molecular complexity index is 310. The van der Waals surface area contributed by atoms with Crippen molar-refractivity contribution >= 4 is 23.3 Å². The smallest absolute Gasteiger partial charge is 0.305 e. The van der Waals surface area contributed by atoms with Gasteiger partial charge in [-0.2, -0.15) is 0 Å². The highest BCUT2D eigenvalue weighted by molar-refractivity contribution is 6.30. The zero-order valence-electron chi connectivity index (χ0n) is 7.83. The fourth-order valence-corrected chi connectivity index (χ4v) is 1.27. The van der Waals surface area contributed by atoms with Crippen molar-refractivity contribution in [1.29, 1.82) is 0 Å². The molecular formula is C10H12ClNO2. The van der Waals surface area contributed by atoms with Gasteiger partial charge in [0.15, 0.2) is 0 Å². The van der Waals surface area contributed by atoms with Crippen LogP contribution in [0.1, 0.15) is 13.3 Å². The molecule has 0 radical (unpaired) electrons. The average Bonchev–Trinajstić information content (AvgIpc) is 2.07. The minimum atomic E-state index is -0.807. The molecule has 76 valence electrons. The summed E-state index contributed by atoms with van der Waals surface area (Å²) in [6, 6.07) is 7.07. The molecule has 3 nitrogen and oxygen atoms in total. The van der Waals surface area contributed by atoms with Crippen molar-refractivity contribution in [3.8, 4) is 0 Å². The third kappa shape index (κ3) is 3.66. The normalized spacial score (nSPS) is 12.1. The lowest BCUT2D eigenvalue weighted by Crippen LogP contribution is -2.19. The van der Waals surface area contributed by atoms with Crippen LogP contribution in [0.15, 0.2) is 24.3 Å². The minimum absolute atomic E-state index is 0.0892. The monoisotopic (exact) mass is 213 g/mol. The molecule has 0 heterocycles. The van der Waals surface area contributed by atoms with Crippen molar-refractivity contribution in [2.24, 2.45) is 0 Å². The zero-order valence-corrected chi connectivity index (χ0v) is 8.58. The van der Waals surface area contributed by atoms with E-state index < -0.39 is 5.97 Å². The quantitative estimate of drug-likeness (QED) is 0.809. The molecule has 0 aliphatic rings. The van der Waals surface area contributed by atoms with Gasteiger partial charge in [-0.05, 0) is 31.2 Å². The van der Waals surface area contributed by atoms with Crippen LogP contribution in [-0.2, 0) is 4.79 Å². The van der Waals surface area contributed by atoms with Gasteiger partial charge in [-0.25, -0.2) is 0 Å². The van der Waals surface area contributed by atoms with Crippen LogP contribution < -0.4 is 5.32 Å². The second-order valence-corrected chi connectivity index (χ2v) is 3.59. The summed E-state index contributed by atoms with van der Waals surface area (Å²) >= 11 is 5.71. The van der Waals surface area contributed by atoms with Crippen LogP contribution in [0.2, 0.25) is 5.02 Å². The second-order valence-electron chi connectivity index (χ2n) is 3.15. The minimum Gasteiger partial charge on any atom is -0.481 e. The van der Waals surface area contributed by atoms with Gasteiger partial charge >= 0.3 is 5.97 Å². The third-order valence-electron chi connectivity index (χ3n) is 1.74. The molecule has 0 saturated carbocycles. The summed E-state index contributed by atoms with van der Waals surface area (Å²) in [5.41, 5.74) is 0.878. The van der Waals surface area contributed by atoms with Crippen molar-refractivity contribution in [2.45, 2.75) is 19.4 Å². The summed E-state index contributed by atoms with van der Waals surface area (Å²) in [6.45, 7) is 1.82. The molecule has 0 aliphatic heterocycles. The highest BCUT2D eigenvalue weighted by atomic mass is 35.5. The van der Waals surface area contributed by atoms with E-state index >= 15 is 0 Å². The Hall–Kier alpha value is -1.22. The first kappa shape index (κ1) is 10.9. The van der Waals surface area contributed by atoms with E-state index in [4.69, 9.17) is 16.7 Å². The average molecular weight is 214 g/mol. The fourth-order valence-electron chi connectivity index (χ4n) is 1.14. The molecule has 0 amide bonds. The number of halogens is 1. The Morgan fingerprint density at radius 1 is 1.50 bits per heavy atom. The second kappa shape index (κ2) is 4.86. The van der Waals surface area contributed by atoms with Crippen LogP contribution in [0.25, 0.3) is 0 Å². The summed E-state index contributed by atoms with van der Waals surface area (Å²) in [6.07, 6.45) is 0.0998. The van der Waals surface area contributed by atoms with Gasteiger partial charge < -0.3 is 10.4 Å². The molecule has 14 heavy (non-hydrogen) atoms. The topological polar surface area (TPSA) is 49.3 Å². The Morgan fingerprint density at radius 3 is 2.57 bits per heavy atom. The molecule has 0 aromatic heterocycles. The Balaban J connectivity index is 2.51. The van der Waals surface area contributed by atoms with Crippen LogP contribution in [-0.4, -0.2) is 17.1 Å². The molecule has 1 atom stereocenters. The molecule has 2 N–H and O–H groups in total. The number of aliphatic carboxylic acids is 1. The summed E-state index contributed by atoms with van der Waals surface area (Å²) < 4.78 is 0. The van der Waals surface area contributed by atoms with E-state index in [1.54, 1.807) is 12.1 Å². The maximum atomic E-state index is 10.4. The van der Waals surface area contributed by atoms with Crippen molar-refractivity contribution in [2.75, 3.05) is 5.32 Å². The molecule has 1 aromatic rings. The van der Waals surface area contributed by atoms with E-state index in [0.29, 0.717) is 5.02 Å². The first-order valence-corrected chi connectivity index (χ1v) is 4.69. The van der Waals surface area contributed by atoms with Crippen molar-refractivity contribution < 1.29 is 9.90 Å². The van der Waals surface area contributed by atoms with E-state index in [1.807, 2.05) is 19.1 Å². The first-order valence-electron chi connectivity index (χ1n) is 4.32. The lowest BCUT2D eigenvalue weighted by Gasteiger charge is -2.12. The molecule has 0 aliphatic carbocycles. The van der Waals surface area contributed by atoms with Crippen LogP contribution >= 0.6 is 11.6 Å². The van der Waals surface area contributed by atoms with Gasteiger partial charge in [0.2, 0.25) is 0 Å². The number of hydrogen-bond acceptors (Lipinski definition) is 2. The Labute approximate surface area is 87.7 Å². The summed E-state index contributed by atoms with van der Waals surface area (Å²) in [4.78, 5) is 10.4. The van der Waals surface area contributed by atoms with Crippen LogP contribution in [0.4, 0.5) is 5.69 Å². The van der Waals surface area contributed by atoms with Gasteiger partial charge in [0.25, 0.3) is 0 Å². The van der Waals surface area contributed by atoms with Crippen molar-refractivity contribution in [3.63, 3.8) is 0 Å². The molecule has 0 bridgehead atoms. The largest absolute Gasteiger partial charge is 0.481 e. The van der Waals surface area contributed by atoms with E-state index in [9.17, 15) is 4.79 Å². The first-order chi connectivity index (χ1) is 6.58. The number of carboxylic acid groups (broad SMARTS) is 1. The number of carboxylic acids is 1. The third-order valence-corrected chi connectivity index (χ3v) is 1.99. The van der Waals surface area contributed by atoms with Gasteiger partial charge in [0, 0.05) is 16.8 Å². The predicted octanol–water partition coefficient (Wildman–Crippen LogP) is 2.62. The van der Waals surface area contributed by atoms with Crippen LogP contribution in [0.3, 0.4) is 0 Å². The Morgan fingerprint density at radius 2 is 2.07 bits per heavy atom. The molecule has 0 fully saturated rings. The molecular weight excluding hydrogens is 202 g/mol. The molecule has 0 spiro atoms. The molecule has 1 unspecified atom stereocenters. The number of anilines is 1. The molecule has 0 saturated heterocycles. The standard InChI is InChI=1S/C10H12ClNO2/c1-7(6-10(13)14)12-9-4-2-8(11)3-5-9/h2-5,7,12H,6H2,1H3,(H,13,14). The van der Waals surface area contributed by atoms with E-state index in [2.05, 4.69) is 5.32 Å². The highest BCUT2D eigenvalue weighted by Gasteiger charge is 2.06. The van der Waals surface area contributed by atoms with E-state index in [0.717, 1.165) is 5.69 Å². The maximum Gasteiger partial charge on any atom is 0.305 e. The number of rotatable bonds is 4. The summed E-state index contributed by atoms with van der Waals surface area (Å²) in [7, 11) is 0. The van der Waals surface area contributed by atoms with Gasteiger partial charge in [0.05, 0.1) is 6.42 Å². The van der Waals surface area contributed by atoms with E-state index in [1.165, 1.54) is 0 Å². The molecule has 1 aromatic carbocycles. The number of nitrogens with one attached hydrogen (secondary N) is 1. The fraction of sp³-hybridized carbons (Fsp3) is 0.300. The number of benzene rings is 1. The molecule has 1 rings (SSSR count). The number of hydrogen-bond donors (Lipinski definition) is 2. The lowest BCUT2D eigenvalue weighted by atomic mass is 10.2. The Kier molecular flexibility index (Phi) is 3.77. The lowest BCUT2D eigenvalue weighted by molar-refractivity contribution is -0.137. The predicted molar refractivity (Wildman–Crippen MR) is 56.8 cm³/mol. The summed E-state index contributed by atoms with van der Waals surface area (Å²) in [5, 5.41) is 12.3. The maximum absolute atomic E-state index is 10.4. The van der Waals surface area contributed by atoms with Gasteiger partial charge in [-0.1, -0.05) is 11.6 Å².